The predicted octanol–water partition coefficient (Wildman–Crippen LogP) is 3.80. The number of nitrogens with zero attached hydrogens (tertiary/aromatic N) is 3. The van der Waals surface area contributed by atoms with Gasteiger partial charge in [0.25, 0.3) is 0 Å². The number of carbonyl (C=O) groups excluding carboxylic acids is 1. The maximum atomic E-state index is 13.8. The monoisotopic (exact) mass is 409 g/mol. The van der Waals surface area contributed by atoms with Gasteiger partial charge in [0.2, 0.25) is 0 Å². The van der Waals surface area contributed by atoms with Crippen molar-refractivity contribution >= 4 is 28.4 Å². The SMILES string of the molecule is COC(=O)c1c(C)c(N2CCN(c3ccccc3OC)CC2)nc2ccc(F)cc12. The zero-order valence-corrected chi connectivity index (χ0v) is 17.3. The maximum absolute atomic E-state index is 13.8. The van der Waals surface area contributed by atoms with E-state index >= 15 is 0 Å². The zero-order valence-electron chi connectivity index (χ0n) is 17.3. The molecule has 1 aromatic heterocycles. The second kappa shape index (κ2) is 8.18. The largest absolute Gasteiger partial charge is 0.495 e. The number of hydrogen-bond acceptors (Lipinski definition) is 6. The summed E-state index contributed by atoms with van der Waals surface area (Å²) in [7, 11) is 3.01. The lowest BCUT2D eigenvalue weighted by Gasteiger charge is -2.38. The van der Waals surface area contributed by atoms with Gasteiger partial charge in [-0.25, -0.2) is 14.2 Å². The molecule has 0 N–H and O–H groups in total. The second-order valence-electron chi connectivity index (χ2n) is 7.23. The number of fused-ring (bicyclic) bond motifs is 1. The van der Waals surface area contributed by atoms with Gasteiger partial charge in [-0.05, 0) is 37.3 Å². The molecule has 0 radical (unpaired) electrons. The number of ether oxygens (including phenoxy) is 2. The van der Waals surface area contributed by atoms with Crippen molar-refractivity contribution in [2.24, 2.45) is 0 Å². The Bertz CT molecular complexity index is 1090. The van der Waals surface area contributed by atoms with Gasteiger partial charge >= 0.3 is 5.97 Å². The van der Waals surface area contributed by atoms with Gasteiger partial charge in [-0.2, -0.15) is 0 Å². The first-order valence-electron chi connectivity index (χ1n) is 9.84. The summed E-state index contributed by atoms with van der Waals surface area (Å²) in [5.74, 6) is 0.682. The molecule has 0 aliphatic carbocycles. The Hall–Kier alpha value is -3.35. The fourth-order valence-corrected chi connectivity index (χ4v) is 4.04. The molecule has 0 unspecified atom stereocenters. The first-order valence-corrected chi connectivity index (χ1v) is 9.84. The molecule has 1 saturated heterocycles. The topological polar surface area (TPSA) is 54.9 Å². The number of anilines is 2. The van der Waals surface area contributed by atoms with Crippen LogP contribution in [0.2, 0.25) is 0 Å². The van der Waals surface area contributed by atoms with Gasteiger partial charge in [-0.15, -0.1) is 0 Å². The first-order chi connectivity index (χ1) is 14.5. The Balaban J connectivity index is 1.67. The smallest absolute Gasteiger partial charge is 0.338 e. The molecule has 0 spiro atoms. The van der Waals surface area contributed by atoms with Crippen molar-refractivity contribution in [3.05, 3.63) is 59.4 Å². The summed E-state index contributed by atoms with van der Waals surface area (Å²) >= 11 is 0. The molecule has 4 rings (SSSR count). The first kappa shape index (κ1) is 19.9. The summed E-state index contributed by atoms with van der Waals surface area (Å²) in [5.41, 5.74) is 2.70. The number of hydrogen-bond donors (Lipinski definition) is 0. The van der Waals surface area contributed by atoms with E-state index in [9.17, 15) is 9.18 Å². The minimum atomic E-state index is -0.487. The third-order valence-electron chi connectivity index (χ3n) is 5.56. The van der Waals surface area contributed by atoms with Crippen LogP contribution in [0.5, 0.6) is 5.75 Å². The lowest BCUT2D eigenvalue weighted by Crippen LogP contribution is -2.47. The molecule has 156 valence electrons. The van der Waals surface area contributed by atoms with E-state index in [0.29, 0.717) is 22.0 Å². The van der Waals surface area contributed by atoms with Gasteiger partial charge in [0.15, 0.2) is 0 Å². The van der Waals surface area contributed by atoms with Crippen LogP contribution in [-0.4, -0.2) is 51.4 Å². The van der Waals surface area contributed by atoms with Crippen LogP contribution >= 0.6 is 0 Å². The van der Waals surface area contributed by atoms with E-state index in [-0.39, 0.29) is 0 Å². The third-order valence-corrected chi connectivity index (χ3v) is 5.56. The molecule has 1 aliphatic heterocycles. The van der Waals surface area contributed by atoms with Crippen LogP contribution in [-0.2, 0) is 4.74 Å². The van der Waals surface area contributed by atoms with Crippen LogP contribution in [0.1, 0.15) is 15.9 Å². The number of para-hydroxylation sites is 2. The van der Waals surface area contributed by atoms with Crippen LogP contribution in [0.15, 0.2) is 42.5 Å². The highest BCUT2D eigenvalue weighted by molar-refractivity contribution is 6.06. The molecule has 6 nitrogen and oxygen atoms in total. The quantitative estimate of drug-likeness (QED) is 0.611. The van der Waals surface area contributed by atoms with Crippen LogP contribution in [0.25, 0.3) is 10.9 Å². The molecule has 3 aromatic rings. The highest BCUT2D eigenvalue weighted by atomic mass is 19.1. The molecule has 0 atom stereocenters. The molecule has 30 heavy (non-hydrogen) atoms. The number of pyridine rings is 1. The maximum Gasteiger partial charge on any atom is 0.338 e. The summed E-state index contributed by atoms with van der Waals surface area (Å²) in [4.78, 5) is 21.7. The molecule has 7 heteroatoms. The summed E-state index contributed by atoms with van der Waals surface area (Å²) in [6.45, 7) is 4.89. The van der Waals surface area contributed by atoms with Crippen LogP contribution in [0.4, 0.5) is 15.9 Å². The minimum absolute atomic E-state index is 0.365. The second-order valence-corrected chi connectivity index (χ2v) is 7.23. The average Bonchev–Trinajstić information content (AvgIpc) is 2.78. The summed E-state index contributed by atoms with van der Waals surface area (Å²) in [6.07, 6.45) is 0. The Labute approximate surface area is 174 Å². The van der Waals surface area contributed by atoms with Gasteiger partial charge in [-0.3, -0.25) is 0 Å². The number of aromatic nitrogens is 1. The van der Waals surface area contributed by atoms with Gasteiger partial charge in [-0.1, -0.05) is 12.1 Å². The van der Waals surface area contributed by atoms with E-state index in [1.54, 1.807) is 13.2 Å². The van der Waals surface area contributed by atoms with Gasteiger partial charge in [0, 0.05) is 37.1 Å². The van der Waals surface area contributed by atoms with Crippen LogP contribution in [0.3, 0.4) is 0 Å². The van der Waals surface area contributed by atoms with Crippen LogP contribution < -0.4 is 14.5 Å². The van der Waals surface area contributed by atoms with Crippen molar-refractivity contribution in [1.82, 2.24) is 4.98 Å². The molecule has 0 bridgehead atoms. The lowest BCUT2D eigenvalue weighted by atomic mass is 10.0. The average molecular weight is 409 g/mol. The number of halogens is 1. The van der Waals surface area contributed by atoms with E-state index in [0.717, 1.165) is 43.4 Å². The van der Waals surface area contributed by atoms with E-state index < -0.39 is 11.8 Å². The van der Waals surface area contributed by atoms with E-state index in [4.69, 9.17) is 14.5 Å². The Kier molecular flexibility index (Phi) is 5.44. The molecule has 0 saturated carbocycles. The number of esters is 1. The molecule has 1 aliphatic rings. The van der Waals surface area contributed by atoms with Crippen molar-refractivity contribution in [1.29, 1.82) is 0 Å². The number of piperazine rings is 1. The van der Waals surface area contributed by atoms with Crippen molar-refractivity contribution in [2.75, 3.05) is 50.2 Å². The normalized spacial score (nSPS) is 14.1. The minimum Gasteiger partial charge on any atom is -0.495 e. The van der Waals surface area contributed by atoms with Gasteiger partial charge in [0.1, 0.15) is 17.4 Å². The Morgan fingerprint density at radius 1 is 1.03 bits per heavy atom. The highest BCUT2D eigenvalue weighted by Gasteiger charge is 2.25. The van der Waals surface area contributed by atoms with Crippen molar-refractivity contribution in [3.63, 3.8) is 0 Å². The number of methoxy groups -OCH3 is 2. The molecule has 0 amide bonds. The molecular formula is C23H24FN3O3. The molecule has 2 heterocycles. The summed E-state index contributed by atoms with van der Waals surface area (Å²) < 4.78 is 24.3. The fraction of sp³-hybridized carbons (Fsp3) is 0.304. The Morgan fingerprint density at radius 2 is 1.73 bits per heavy atom. The van der Waals surface area contributed by atoms with Crippen molar-refractivity contribution < 1.29 is 18.7 Å². The lowest BCUT2D eigenvalue weighted by molar-refractivity contribution is 0.0602. The molecular weight excluding hydrogens is 385 g/mol. The third kappa shape index (κ3) is 3.51. The summed E-state index contributed by atoms with van der Waals surface area (Å²) in [5, 5.41) is 0.468. The Morgan fingerprint density at radius 3 is 2.43 bits per heavy atom. The van der Waals surface area contributed by atoms with Crippen molar-refractivity contribution in [3.8, 4) is 5.75 Å². The highest BCUT2D eigenvalue weighted by Crippen LogP contribution is 2.32. The zero-order chi connectivity index (χ0) is 21.3. The fourth-order valence-electron chi connectivity index (χ4n) is 4.04. The molecule has 2 aromatic carbocycles. The summed E-state index contributed by atoms with van der Waals surface area (Å²) in [6, 6.07) is 12.3. The van der Waals surface area contributed by atoms with Gasteiger partial charge in [0.05, 0.1) is 31.0 Å². The predicted molar refractivity (Wildman–Crippen MR) is 115 cm³/mol. The van der Waals surface area contributed by atoms with E-state index in [2.05, 4.69) is 15.9 Å². The van der Waals surface area contributed by atoms with Gasteiger partial charge < -0.3 is 19.3 Å². The van der Waals surface area contributed by atoms with Crippen LogP contribution in [0, 0.1) is 12.7 Å². The molecule has 1 fully saturated rings. The van der Waals surface area contributed by atoms with Crippen molar-refractivity contribution in [2.45, 2.75) is 6.92 Å². The van der Waals surface area contributed by atoms with E-state index in [1.165, 1.54) is 19.2 Å². The standard InChI is InChI=1S/C23H24FN3O3/c1-15-21(23(28)30-3)17-14-16(24)8-9-18(17)25-22(15)27-12-10-26(11-13-27)19-6-4-5-7-20(19)29-2/h4-9,14H,10-13H2,1-3H3. The number of carbonyl (C=O) groups is 1. The number of benzene rings is 2. The van der Waals surface area contributed by atoms with E-state index in [1.807, 2.05) is 25.1 Å². The number of rotatable bonds is 4.